The predicted octanol–water partition coefficient (Wildman–Crippen LogP) is 5.74. The van der Waals surface area contributed by atoms with Crippen molar-refractivity contribution in [2.75, 3.05) is 19.0 Å². The minimum atomic E-state index is -0.182. The van der Waals surface area contributed by atoms with Crippen LogP contribution >= 0.6 is 11.3 Å². The van der Waals surface area contributed by atoms with Gasteiger partial charge in [0.2, 0.25) is 5.01 Å². The number of benzene rings is 2. The maximum absolute atomic E-state index is 13.2. The fraction of sp³-hybridized carbons (Fsp3) is 0.515. The molecule has 0 radical (unpaired) electrons. The van der Waals surface area contributed by atoms with Gasteiger partial charge in [0.1, 0.15) is 11.5 Å². The largest absolute Gasteiger partial charge is 1.00 e. The van der Waals surface area contributed by atoms with E-state index in [0.717, 1.165) is 30.6 Å². The van der Waals surface area contributed by atoms with Gasteiger partial charge in [0.15, 0.2) is 12.7 Å². The normalized spacial score (nSPS) is 10.7. The van der Waals surface area contributed by atoms with Crippen molar-refractivity contribution in [1.29, 1.82) is 0 Å². The summed E-state index contributed by atoms with van der Waals surface area (Å²) in [5.41, 5.74) is 2.43. The van der Waals surface area contributed by atoms with Gasteiger partial charge in [-0.1, -0.05) is 101 Å². The van der Waals surface area contributed by atoms with Gasteiger partial charge in [0.05, 0.1) is 24.7 Å². The molecule has 1 aromatic heterocycles. The number of thiazole rings is 1. The number of nitrogens with one attached hydrogen (secondary N) is 1. The summed E-state index contributed by atoms with van der Waals surface area (Å²) < 4.78 is 13.7. The van der Waals surface area contributed by atoms with Crippen LogP contribution in [0.15, 0.2) is 54.0 Å². The van der Waals surface area contributed by atoms with E-state index >= 15 is 0 Å². The summed E-state index contributed by atoms with van der Waals surface area (Å²) in [4.78, 5) is 13.2. The minimum absolute atomic E-state index is 0. The Bertz CT molecular complexity index is 1130. The highest BCUT2D eigenvalue weighted by molar-refractivity contribution is 7.09. The van der Waals surface area contributed by atoms with Crippen molar-refractivity contribution in [1.82, 2.24) is 0 Å². The number of rotatable bonds is 19. The molecule has 5 nitrogen and oxygen atoms in total. The highest BCUT2D eigenvalue weighted by atomic mass is 79.9. The lowest BCUT2D eigenvalue weighted by Crippen LogP contribution is -3.00. The molecule has 40 heavy (non-hydrogen) atoms. The zero-order valence-electron chi connectivity index (χ0n) is 24.6. The SMILES string of the molecule is CCCCCCCCCCCCCCOc1cc(OC)ccc1C(=O)Nc1cccc(C[n+]2ccsc2C)c1.[Br-]. The molecule has 0 saturated carbocycles. The van der Waals surface area contributed by atoms with E-state index in [2.05, 4.69) is 41.4 Å². The van der Waals surface area contributed by atoms with Crippen molar-refractivity contribution in [2.24, 2.45) is 0 Å². The third-order valence-corrected chi connectivity index (χ3v) is 7.94. The summed E-state index contributed by atoms with van der Waals surface area (Å²) in [6.07, 6.45) is 17.7. The van der Waals surface area contributed by atoms with Gasteiger partial charge in [0, 0.05) is 24.2 Å². The summed E-state index contributed by atoms with van der Waals surface area (Å²) in [5.74, 6) is 1.07. The first-order valence-electron chi connectivity index (χ1n) is 14.8. The molecule has 1 amide bonds. The number of methoxy groups -OCH3 is 1. The van der Waals surface area contributed by atoms with Crippen LogP contribution in [0.3, 0.4) is 0 Å². The van der Waals surface area contributed by atoms with E-state index in [4.69, 9.17) is 9.47 Å². The van der Waals surface area contributed by atoms with Crippen LogP contribution in [-0.2, 0) is 6.54 Å². The number of ether oxygens (including phenoxy) is 2. The van der Waals surface area contributed by atoms with Crippen molar-refractivity contribution in [3.63, 3.8) is 0 Å². The Labute approximate surface area is 256 Å². The van der Waals surface area contributed by atoms with Gasteiger partial charge in [-0.25, -0.2) is 0 Å². The number of aryl methyl sites for hydroxylation is 1. The molecule has 0 unspecified atom stereocenters. The Kier molecular flexibility index (Phi) is 16.6. The number of halogens is 1. The molecule has 1 N–H and O–H groups in total. The highest BCUT2D eigenvalue weighted by Gasteiger charge is 2.15. The summed E-state index contributed by atoms with van der Waals surface area (Å²) in [7, 11) is 1.63. The van der Waals surface area contributed by atoms with Gasteiger partial charge in [-0.05, 0) is 30.7 Å². The molecule has 0 spiro atoms. The van der Waals surface area contributed by atoms with Gasteiger partial charge >= 0.3 is 0 Å². The first-order valence-corrected chi connectivity index (χ1v) is 15.6. The Balaban J connectivity index is 0.00000560. The second kappa shape index (κ2) is 19.7. The monoisotopic (exact) mass is 630 g/mol. The minimum Gasteiger partial charge on any atom is -1.00 e. The third kappa shape index (κ3) is 12.0. The smallest absolute Gasteiger partial charge is 0.259 e. The number of amides is 1. The summed E-state index contributed by atoms with van der Waals surface area (Å²) in [6.45, 7) is 5.75. The third-order valence-electron chi connectivity index (χ3n) is 7.11. The van der Waals surface area contributed by atoms with Crippen LogP contribution in [0.1, 0.15) is 105 Å². The van der Waals surface area contributed by atoms with E-state index in [-0.39, 0.29) is 22.9 Å². The van der Waals surface area contributed by atoms with E-state index in [0.29, 0.717) is 23.7 Å². The lowest BCUT2D eigenvalue weighted by Gasteiger charge is -2.13. The predicted molar refractivity (Wildman–Crippen MR) is 162 cm³/mol. The van der Waals surface area contributed by atoms with Gasteiger partial charge < -0.3 is 31.8 Å². The average molecular weight is 632 g/mol. The summed E-state index contributed by atoms with van der Waals surface area (Å²) in [5, 5.41) is 6.39. The molecular weight excluding hydrogens is 584 g/mol. The zero-order valence-corrected chi connectivity index (χ0v) is 27.0. The Morgan fingerprint density at radius 1 is 0.900 bits per heavy atom. The van der Waals surface area contributed by atoms with Gasteiger partial charge in [-0.3, -0.25) is 4.79 Å². The highest BCUT2D eigenvalue weighted by Crippen LogP contribution is 2.26. The molecule has 0 bridgehead atoms. The fourth-order valence-electron chi connectivity index (χ4n) is 4.74. The lowest BCUT2D eigenvalue weighted by atomic mass is 10.1. The molecule has 0 atom stereocenters. The number of hydrogen-bond acceptors (Lipinski definition) is 4. The van der Waals surface area contributed by atoms with Crippen LogP contribution in [0.5, 0.6) is 11.5 Å². The van der Waals surface area contributed by atoms with E-state index in [1.165, 1.54) is 69.2 Å². The molecule has 0 aliphatic heterocycles. The van der Waals surface area contributed by atoms with Crippen molar-refractivity contribution in [3.05, 3.63) is 70.2 Å². The molecule has 3 aromatic rings. The second-order valence-corrected chi connectivity index (χ2v) is 11.4. The van der Waals surface area contributed by atoms with E-state index in [1.807, 2.05) is 24.3 Å². The topological polar surface area (TPSA) is 51.4 Å². The summed E-state index contributed by atoms with van der Waals surface area (Å²) in [6, 6.07) is 13.4. The van der Waals surface area contributed by atoms with Crippen LogP contribution in [0.2, 0.25) is 0 Å². The van der Waals surface area contributed by atoms with E-state index in [1.54, 1.807) is 30.6 Å². The Morgan fingerprint density at radius 3 is 2.20 bits per heavy atom. The van der Waals surface area contributed by atoms with Crippen molar-refractivity contribution >= 4 is 22.9 Å². The number of unbranched alkanes of at least 4 members (excludes halogenated alkanes) is 11. The molecule has 220 valence electrons. The molecular formula is C33H47BrN2O3S. The molecule has 1 heterocycles. The molecule has 0 aliphatic rings. The number of anilines is 1. The van der Waals surface area contributed by atoms with Gasteiger partial charge in [-0.15, -0.1) is 0 Å². The number of nitrogens with zero attached hydrogens (tertiary/aromatic N) is 1. The van der Waals surface area contributed by atoms with Gasteiger partial charge in [0.25, 0.3) is 5.91 Å². The second-order valence-electron chi connectivity index (χ2n) is 10.3. The van der Waals surface area contributed by atoms with Crippen LogP contribution in [0.25, 0.3) is 0 Å². The summed E-state index contributed by atoms with van der Waals surface area (Å²) >= 11 is 1.73. The van der Waals surface area contributed by atoms with Crippen LogP contribution in [0, 0.1) is 6.92 Å². The number of hydrogen-bond donors (Lipinski definition) is 1. The van der Waals surface area contributed by atoms with Crippen molar-refractivity contribution in [2.45, 2.75) is 97.4 Å². The van der Waals surface area contributed by atoms with Gasteiger partial charge in [-0.2, -0.15) is 4.57 Å². The first-order chi connectivity index (χ1) is 19.1. The maximum atomic E-state index is 13.2. The molecule has 0 saturated heterocycles. The molecule has 0 aliphatic carbocycles. The van der Waals surface area contributed by atoms with E-state index < -0.39 is 0 Å². The molecule has 3 rings (SSSR count). The fourth-order valence-corrected chi connectivity index (χ4v) is 5.41. The van der Waals surface area contributed by atoms with Crippen LogP contribution < -0.4 is 36.3 Å². The standard InChI is InChI=1S/C33H46N2O3S.BrH/c1-4-5-6-7-8-9-10-11-12-13-14-15-22-38-32-25-30(37-3)19-20-31(32)33(36)34-29-18-16-17-28(24-29)26-35-21-23-39-27(35)2;/h16-21,23-25H,4-15,22,26H2,1-3H3;1H. The van der Waals surface area contributed by atoms with Crippen LogP contribution in [0.4, 0.5) is 5.69 Å². The number of carbonyl (C=O) groups is 1. The Hall–Kier alpha value is -2.38. The molecule has 0 fully saturated rings. The van der Waals surface area contributed by atoms with Crippen LogP contribution in [-0.4, -0.2) is 19.6 Å². The Morgan fingerprint density at radius 2 is 1.57 bits per heavy atom. The molecule has 7 heteroatoms. The lowest BCUT2D eigenvalue weighted by molar-refractivity contribution is -0.689. The average Bonchev–Trinajstić information content (AvgIpc) is 3.35. The molecule has 2 aromatic carbocycles. The van der Waals surface area contributed by atoms with E-state index in [9.17, 15) is 4.79 Å². The number of carbonyl (C=O) groups excluding carboxylic acids is 1. The number of aromatic nitrogens is 1. The quantitative estimate of drug-likeness (QED) is 0.136. The van der Waals surface area contributed by atoms with Crippen molar-refractivity contribution in [3.8, 4) is 11.5 Å². The zero-order chi connectivity index (χ0) is 27.7. The van der Waals surface area contributed by atoms with Crippen molar-refractivity contribution < 1.29 is 35.8 Å². The first kappa shape index (κ1) is 33.8. The maximum Gasteiger partial charge on any atom is 0.259 e.